The van der Waals surface area contributed by atoms with Crippen molar-refractivity contribution < 1.29 is 14.3 Å². The Morgan fingerprint density at radius 1 is 1.21 bits per heavy atom. The lowest BCUT2D eigenvalue weighted by Crippen LogP contribution is -2.52. The smallest absolute Gasteiger partial charge is 0.270 e. The van der Waals surface area contributed by atoms with E-state index in [9.17, 15) is 9.59 Å². The zero-order chi connectivity index (χ0) is 17.7. The third-order valence-corrected chi connectivity index (χ3v) is 4.55. The highest BCUT2D eigenvalue weighted by atomic mass is 35.5. The number of carbonyl (C=O) groups is 2. The molecule has 132 valence electrons. The first-order valence-electron chi connectivity index (χ1n) is 8.65. The summed E-state index contributed by atoms with van der Waals surface area (Å²) >= 11 is 5.65. The number of hydrogen-bond acceptors (Lipinski definition) is 3. The Morgan fingerprint density at radius 3 is 2.58 bits per heavy atom. The number of amides is 1. The fourth-order valence-electron chi connectivity index (χ4n) is 2.91. The number of unbranched alkanes of at least 4 members (excludes halogenated alkanes) is 4. The van der Waals surface area contributed by atoms with Crippen molar-refractivity contribution >= 4 is 29.0 Å². The molecule has 0 radical (unpaired) electrons. The van der Waals surface area contributed by atoms with Gasteiger partial charge < -0.3 is 9.64 Å². The first kappa shape index (κ1) is 18.8. The molecule has 5 heteroatoms. The maximum Gasteiger partial charge on any atom is 0.270 e. The van der Waals surface area contributed by atoms with Gasteiger partial charge in [-0.15, -0.1) is 11.6 Å². The Bertz CT molecular complexity index is 613. The van der Waals surface area contributed by atoms with Crippen molar-refractivity contribution in [3.8, 4) is 5.75 Å². The molecule has 0 bridgehead atoms. The van der Waals surface area contributed by atoms with Crippen LogP contribution in [0.3, 0.4) is 0 Å². The molecule has 0 saturated carbocycles. The lowest BCUT2D eigenvalue weighted by atomic mass is 10.0. The van der Waals surface area contributed by atoms with Gasteiger partial charge in [0.05, 0.1) is 11.6 Å². The maximum absolute atomic E-state index is 12.8. The molecule has 0 fully saturated rings. The molecule has 0 spiro atoms. The second-order valence-corrected chi connectivity index (χ2v) is 6.99. The van der Waals surface area contributed by atoms with Crippen molar-refractivity contribution in [2.24, 2.45) is 0 Å². The van der Waals surface area contributed by atoms with Gasteiger partial charge in [-0.3, -0.25) is 9.59 Å². The first-order valence-corrected chi connectivity index (χ1v) is 9.18. The number of ketones is 1. The highest BCUT2D eigenvalue weighted by molar-refractivity contribution is 6.30. The Hall–Kier alpha value is -1.55. The molecular weight excluding hydrogens is 326 g/mol. The number of benzene rings is 1. The van der Waals surface area contributed by atoms with E-state index in [0.717, 1.165) is 12.8 Å². The van der Waals surface area contributed by atoms with Gasteiger partial charge in [-0.05, 0) is 38.5 Å². The van der Waals surface area contributed by atoms with Gasteiger partial charge in [-0.2, -0.15) is 0 Å². The van der Waals surface area contributed by atoms with Crippen molar-refractivity contribution in [3.05, 3.63) is 23.8 Å². The van der Waals surface area contributed by atoms with Crippen molar-refractivity contribution in [2.75, 3.05) is 17.3 Å². The van der Waals surface area contributed by atoms with Gasteiger partial charge >= 0.3 is 0 Å². The molecule has 0 aromatic heterocycles. The number of carbonyl (C=O) groups excluding carboxylic acids is 2. The molecule has 1 aliphatic heterocycles. The van der Waals surface area contributed by atoms with Gasteiger partial charge in [-0.1, -0.05) is 32.6 Å². The number of rotatable bonds is 8. The molecule has 1 heterocycles. The maximum atomic E-state index is 12.8. The molecule has 0 N–H and O–H groups in total. The van der Waals surface area contributed by atoms with E-state index in [2.05, 4.69) is 6.92 Å². The largest absolute Gasteiger partial charge is 0.476 e. The van der Waals surface area contributed by atoms with E-state index >= 15 is 0 Å². The number of fused-ring (bicyclic) bond motifs is 1. The highest BCUT2D eigenvalue weighted by Crippen LogP contribution is 2.38. The molecule has 2 rings (SSSR count). The normalized spacial score (nSPS) is 15.8. The van der Waals surface area contributed by atoms with E-state index in [-0.39, 0.29) is 17.6 Å². The minimum absolute atomic E-state index is 0.0686. The number of Topliss-reactive ketones (excluding diaryl/α,β-unsaturated/α-hetero) is 1. The molecule has 1 aromatic rings. The van der Waals surface area contributed by atoms with Crippen LogP contribution in [0.4, 0.5) is 5.69 Å². The summed E-state index contributed by atoms with van der Waals surface area (Å²) in [5.74, 6) is 0.343. The topological polar surface area (TPSA) is 46.6 Å². The van der Waals surface area contributed by atoms with Gasteiger partial charge in [0.15, 0.2) is 11.4 Å². The Kier molecular flexibility index (Phi) is 6.27. The monoisotopic (exact) mass is 351 g/mol. The third kappa shape index (κ3) is 4.10. The Balaban J connectivity index is 2.24. The van der Waals surface area contributed by atoms with Gasteiger partial charge in [-0.25, -0.2) is 0 Å². The number of anilines is 1. The van der Waals surface area contributed by atoms with Crippen LogP contribution in [0, 0.1) is 0 Å². The number of ether oxygens (including phenoxy) is 1. The molecule has 4 nitrogen and oxygen atoms in total. The number of hydrogen-bond donors (Lipinski definition) is 0. The van der Waals surface area contributed by atoms with Crippen molar-refractivity contribution in [2.45, 2.75) is 58.5 Å². The molecule has 24 heavy (non-hydrogen) atoms. The van der Waals surface area contributed by atoms with E-state index in [1.165, 1.54) is 19.3 Å². The summed E-state index contributed by atoms with van der Waals surface area (Å²) in [4.78, 5) is 26.4. The van der Waals surface area contributed by atoms with Crippen LogP contribution in [0.2, 0.25) is 0 Å². The SMILES string of the molecule is CCCCCCCN1C(=O)C(C)(C)Oc2ccc(C(=O)CCl)cc21. The van der Waals surface area contributed by atoms with Crippen LogP contribution < -0.4 is 9.64 Å². The number of alkyl halides is 1. The predicted octanol–water partition coefficient (Wildman–Crippen LogP) is 4.58. The van der Waals surface area contributed by atoms with Crippen LogP contribution in [0.5, 0.6) is 5.75 Å². The van der Waals surface area contributed by atoms with Crippen LogP contribution in [0.1, 0.15) is 63.2 Å². The molecule has 0 unspecified atom stereocenters. The Labute approximate surface area is 149 Å². The lowest BCUT2D eigenvalue weighted by molar-refractivity contribution is -0.132. The van der Waals surface area contributed by atoms with Crippen LogP contribution in [-0.2, 0) is 4.79 Å². The molecule has 1 amide bonds. The molecule has 1 aromatic carbocycles. The van der Waals surface area contributed by atoms with Crippen LogP contribution >= 0.6 is 11.6 Å². The summed E-state index contributed by atoms with van der Waals surface area (Å²) in [6.45, 7) is 6.38. The fraction of sp³-hybridized carbons (Fsp3) is 0.579. The summed E-state index contributed by atoms with van der Waals surface area (Å²) in [5.41, 5.74) is 0.288. The highest BCUT2D eigenvalue weighted by Gasteiger charge is 2.40. The average molecular weight is 352 g/mol. The number of nitrogens with zero attached hydrogens (tertiary/aromatic N) is 1. The third-order valence-electron chi connectivity index (χ3n) is 4.30. The van der Waals surface area contributed by atoms with Crippen molar-refractivity contribution in [1.82, 2.24) is 0 Å². The predicted molar refractivity (Wildman–Crippen MR) is 97.3 cm³/mol. The lowest BCUT2D eigenvalue weighted by Gasteiger charge is -2.39. The summed E-state index contributed by atoms with van der Waals surface area (Å²) in [5, 5.41) is 0. The fourth-order valence-corrected chi connectivity index (χ4v) is 3.07. The molecular formula is C19H26ClNO3. The van der Waals surface area contributed by atoms with Gasteiger partial charge in [0, 0.05) is 12.1 Å². The van der Waals surface area contributed by atoms with E-state index in [1.54, 1.807) is 36.9 Å². The number of halogens is 1. The molecule has 1 aliphatic rings. The average Bonchev–Trinajstić information content (AvgIpc) is 2.56. The van der Waals surface area contributed by atoms with Crippen molar-refractivity contribution in [1.29, 1.82) is 0 Å². The van der Waals surface area contributed by atoms with Crippen LogP contribution in [0.15, 0.2) is 18.2 Å². The first-order chi connectivity index (χ1) is 11.4. The van der Waals surface area contributed by atoms with E-state index in [4.69, 9.17) is 16.3 Å². The van der Waals surface area contributed by atoms with E-state index in [1.807, 2.05) is 0 Å². The standard InChI is InChI=1S/C19H26ClNO3/c1-4-5-6-7-8-11-21-15-12-14(16(22)13-20)9-10-17(15)24-19(2,3)18(21)23/h9-10,12H,4-8,11,13H2,1-3H3. The quantitative estimate of drug-likeness (QED) is 0.391. The molecule has 0 saturated heterocycles. The van der Waals surface area contributed by atoms with Gasteiger partial charge in [0.25, 0.3) is 5.91 Å². The minimum atomic E-state index is -0.894. The summed E-state index contributed by atoms with van der Waals surface area (Å²) in [6.07, 6.45) is 5.61. The van der Waals surface area contributed by atoms with Crippen LogP contribution in [-0.4, -0.2) is 29.7 Å². The van der Waals surface area contributed by atoms with Crippen molar-refractivity contribution in [3.63, 3.8) is 0 Å². The molecule has 0 atom stereocenters. The van der Waals surface area contributed by atoms with Gasteiger partial charge in [0.1, 0.15) is 5.75 Å². The zero-order valence-electron chi connectivity index (χ0n) is 14.7. The Morgan fingerprint density at radius 2 is 1.92 bits per heavy atom. The zero-order valence-corrected chi connectivity index (χ0v) is 15.5. The van der Waals surface area contributed by atoms with E-state index < -0.39 is 5.60 Å². The minimum Gasteiger partial charge on any atom is -0.476 e. The summed E-state index contributed by atoms with van der Waals surface area (Å²) < 4.78 is 5.84. The van der Waals surface area contributed by atoms with E-state index in [0.29, 0.717) is 23.5 Å². The second-order valence-electron chi connectivity index (χ2n) is 6.72. The second kappa shape index (κ2) is 8.02. The summed E-state index contributed by atoms with van der Waals surface area (Å²) in [6, 6.07) is 5.18. The summed E-state index contributed by atoms with van der Waals surface area (Å²) in [7, 11) is 0. The van der Waals surface area contributed by atoms with Crippen LogP contribution in [0.25, 0.3) is 0 Å². The van der Waals surface area contributed by atoms with Gasteiger partial charge in [0.2, 0.25) is 0 Å². The molecule has 0 aliphatic carbocycles.